The Balaban J connectivity index is 2.40. The molecule has 0 fully saturated rings. The van der Waals surface area contributed by atoms with Gasteiger partial charge in [-0.25, -0.2) is 4.98 Å². The highest BCUT2D eigenvalue weighted by Crippen LogP contribution is 2.20. The fourth-order valence-corrected chi connectivity index (χ4v) is 1.70. The zero-order valence-electron chi connectivity index (χ0n) is 10.4. The van der Waals surface area contributed by atoms with Crippen LogP contribution in [0.2, 0.25) is 0 Å². The summed E-state index contributed by atoms with van der Waals surface area (Å²) in [6, 6.07) is 0. The minimum Gasteiger partial charge on any atom is -0.370 e. The number of carbonyl (C=O) groups is 1. The first-order valence-corrected chi connectivity index (χ1v) is 6.71. The minimum atomic E-state index is -0.257. The Morgan fingerprint density at radius 2 is 2.22 bits per heavy atom. The third-order valence-electron chi connectivity index (χ3n) is 2.22. The lowest BCUT2D eigenvalue weighted by Crippen LogP contribution is -2.11. The molecule has 100 valence electrons. The molecular weight excluding hydrogens is 298 g/mol. The van der Waals surface area contributed by atoms with E-state index >= 15 is 0 Å². The first-order chi connectivity index (χ1) is 8.63. The van der Waals surface area contributed by atoms with E-state index in [4.69, 9.17) is 5.73 Å². The average Bonchev–Trinajstić information content (AvgIpc) is 2.32. The first kappa shape index (κ1) is 14.7. The first-order valence-electron chi connectivity index (χ1n) is 5.92. The van der Waals surface area contributed by atoms with Gasteiger partial charge in [0.25, 0.3) is 0 Å². The van der Waals surface area contributed by atoms with E-state index in [1.807, 2.05) is 6.92 Å². The van der Waals surface area contributed by atoms with Crippen molar-refractivity contribution >= 4 is 33.6 Å². The molecule has 1 aromatic heterocycles. The van der Waals surface area contributed by atoms with Crippen LogP contribution in [-0.2, 0) is 4.79 Å². The van der Waals surface area contributed by atoms with Gasteiger partial charge in [0.05, 0.1) is 4.47 Å². The number of aromatic nitrogens is 2. The van der Waals surface area contributed by atoms with Crippen molar-refractivity contribution in [2.24, 2.45) is 5.73 Å². The smallest absolute Gasteiger partial charge is 0.224 e. The summed E-state index contributed by atoms with van der Waals surface area (Å²) >= 11 is 3.38. The van der Waals surface area contributed by atoms with Crippen LogP contribution < -0.4 is 16.4 Å². The van der Waals surface area contributed by atoms with Crippen LogP contribution in [0, 0.1) is 0 Å². The number of nitrogens with zero attached hydrogens (tertiary/aromatic N) is 2. The Labute approximate surface area is 115 Å². The van der Waals surface area contributed by atoms with Crippen LogP contribution >= 0.6 is 15.9 Å². The van der Waals surface area contributed by atoms with Crippen molar-refractivity contribution in [1.82, 2.24) is 9.97 Å². The maximum atomic E-state index is 10.6. The molecule has 1 amide bonds. The molecule has 0 bridgehead atoms. The van der Waals surface area contributed by atoms with Crippen LogP contribution in [0.15, 0.2) is 10.7 Å². The molecule has 0 saturated carbocycles. The monoisotopic (exact) mass is 315 g/mol. The molecule has 1 heterocycles. The third kappa shape index (κ3) is 5.31. The zero-order valence-corrected chi connectivity index (χ0v) is 12.0. The SMILES string of the molecule is CCNc1ncc(Br)c(NCCCCC(N)=O)n1. The average molecular weight is 316 g/mol. The van der Waals surface area contributed by atoms with Gasteiger partial charge in [-0.3, -0.25) is 4.79 Å². The third-order valence-corrected chi connectivity index (χ3v) is 2.80. The molecule has 1 rings (SSSR count). The molecule has 0 aliphatic heterocycles. The Morgan fingerprint density at radius 3 is 2.89 bits per heavy atom. The van der Waals surface area contributed by atoms with E-state index in [-0.39, 0.29) is 5.91 Å². The summed E-state index contributed by atoms with van der Waals surface area (Å²) in [4.78, 5) is 19.0. The lowest BCUT2D eigenvalue weighted by atomic mass is 10.2. The highest BCUT2D eigenvalue weighted by Gasteiger charge is 2.03. The van der Waals surface area contributed by atoms with Crippen molar-refractivity contribution < 1.29 is 4.79 Å². The molecular formula is C11H18BrN5O. The number of hydrogen-bond acceptors (Lipinski definition) is 5. The van der Waals surface area contributed by atoms with Gasteiger partial charge in [0.15, 0.2) is 0 Å². The zero-order chi connectivity index (χ0) is 13.4. The molecule has 7 heteroatoms. The molecule has 0 saturated heterocycles. The second-order valence-electron chi connectivity index (χ2n) is 3.77. The van der Waals surface area contributed by atoms with Crippen LogP contribution in [-0.4, -0.2) is 29.0 Å². The molecule has 0 radical (unpaired) electrons. The molecule has 0 atom stereocenters. The molecule has 0 aliphatic carbocycles. The van der Waals surface area contributed by atoms with Gasteiger partial charge in [-0.1, -0.05) is 0 Å². The number of amides is 1. The lowest BCUT2D eigenvalue weighted by Gasteiger charge is -2.09. The van der Waals surface area contributed by atoms with Gasteiger partial charge < -0.3 is 16.4 Å². The topological polar surface area (TPSA) is 92.9 Å². The van der Waals surface area contributed by atoms with Crippen LogP contribution in [0.4, 0.5) is 11.8 Å². The second-order valence-corrected chi connectivity index (χ2v) is 4.63. The number of unbranched alkanes of at least 4 members (excludes halogenated alkanes) is 1. The van der Waals surface area contributed by atoms with Crippen molar-refractivity contribution in [2.45, 2.75) is 26.2 Å². The van der Waals surface area contributed by atoms with Crippen molar-refractivity contribution in [1.29, 1.82) is 0 Å². The van der Waals surface area contributed by atoms with Gasteiger partial charge in [0, 0.05) is 25.7 Å². The van der Waals surface area contributed by atoms with Gasteiger partial charge in [0.2, 0.25) is 11.9 Å². The molecule has 18 heavy (non-hydrogen) atoms. The molecule has 0 spiro atoms. The number of hydrogen-bond donors (Lipinski definition) is 3. The van der Waals surface area contributed by atoms with E-state index in [0.29, 0.717) is 12.4 Å². The van der Waals surface area contributed by atoms with Crippen LogP contribution in [0.25, 0.3) is 0 Å². The maximum Gasteiger partial charge on any atom is 0.224 e. The predicted octanol–water partition coefficient (Wildman–Crippen LogP) is 1.74. The highest BCUT2D eigenvalue weighted by atomic mass is 79.9. The van der Waals surface area contributed by atoms with Gasteiger partial charge in [-0.2, -0.15) is 4.98 Å². The van der Waals surface area contributed by atoms with Gasteiger partial charge in [-0.15, -0.1) is 0 Å². The van der Waals surface area contributed by atoms with Crippen LogP contribution in [0.5, 0.6) is 0 Å². The Morgan fingerprint density at radius 1 is 1.44 bits per heavy atom. The minimum absolute atomic E-state index is 0.257. The van der Waals surface area contributed by atoms with Crippen molar-refractivity contribution in [3.05, 3.63) is 10.7 Å². The van der Waals surface area contributed by atoms with Crippen LogP contribution in [0.1, 0.15) is 26.2 Å². The quantitative estimate of drug-likeness (QED) is 0.635. The lowest BCUT2D eigenvalue weighted by molar-refractivity contribution is -0.118. The number of nitrogens with one attached hydrogen (secondary N) is 2. The van der Waals surface area contributed by atoms with E-state index in [1.54, 1.807) is 6.20 Å². The summed E-state index contributed by atoms with van der Waals surface area (Å²) in [5, 5.41) is 6.24. The van der Waals surface area contributed by atoms with E-state index in [0.717, 1.165) is 36.2 Å². The Kier molecular flexibility index (Phi) is 6.42. The number of anilines is 2. The summed E-state index contributed by atoms with van der Waals surface area (Å²) in [7, 11) is 0. The van der Waals surface area contributed by atoms with Gasteiger partial charge in [-0.05, 0) is 35.7 Å². The van der Waals surface area contributed by atoms with E-state index in [1.165, 1.54) is 0 Å². The predicted molar refractivity (Wildman–Crippen MR) is 75.4 cm³/mol. The van der Waals surface area contributed by atoms with E-state index < -0.39 is 0 Å². The summed E-state index contributed by atoms with van der Waals surface area (Å²) in [5.74, 6) is 1.09. The summed E-state index contributed by atoms with van der Waals surface area (Å²) in [5.41, 5.74) is 5.07. The standard InChI is InChI=1S/C11H18BrN5O/c1-2-14-11-16-7-8(12)10(17-11)15-6-4-3-5-9(13)18/h7H,2-6H2,1H3,(H2,13,18)(H2,14,15,16,17). The Hall–Kier alpha value is -1.37. The van der Waals surface area contributed by atoms with Gasteiger partial charge in [0.1, 0.15) is 5.82 Å². The van der Waals surface area contributed by atoms with Crippen molar-refractivity contribution in [3.8, 4) is 0 Å². The number of halogens is 1. The normalized spacial score (nSPS) is 10.1. The summed E-state index contributed by atoms with van der Waals surface area (Å²) in [6.45, 7) is 3.51. The molecule has 0 aromatic carbocycles. The van der Waals surface area contributed by atoms with Gasteiger partial charge >= 0.3 is 0 Å². The number of rotatable bonds is 8. The van der Waals surface area contributed by atoms with Crippen molar-refractivity contribution in [3.63, 3.8) is 0 Å². The summed E-state index contributed by atoms with van der Waals surface area (Å²) < 4.78 is 0.819. The fourth-order valence-electron chi connectivity index (χ4n) is 1.37. The largest absolute Gasteiger partial charge is 0.370 e. The second kappa shape index (κ2) is 7.86. The number of primary amides is 1. The number of nitrogens with two attached hydrogens (primary N) is 1. The molecule has 0 aliphatic rings. The van der Waals surface area contributed by atoms with E-state index in [9.17, 15) is 4.79 Å². The Bertz CT molecular complexity index is 399. The number of carbonyl (C=O) groups excluding carboxylic acids is 1. The molecule has 4 N–H and O–H groups in total. The molecule has 6 nitrogen and oxygen atoms in total. The molecule has 0 unspecified atom stereocenters. The van der Waals surface area contributed by atoms with Crippen LogP contribution in [0.3, 0.4) is 0 Å². The maximum absolute atomic E-state index is 10.6. The van der Waals surface area contributed by atoms with Crippen molar-refractivity contribution in [2.75, 3.05) is 23.7 Å². The summed E-state index contributed by atoms with van der Waals surface area (Å²) in [6.07, 6.45) is 3.78. The van der Waals surface area contributed by atoms with E-state index in [2.05, 4.69) is 36.5 Å². The molecule has 1 aromatic rings. The fraction of sp³-hybridized carbons (Fsp3) is 0.545. The highest BCUT2D eigenvalue weighted by molar-refractivity contribution is 9.10.